The maximum Gasteiger partial charge on any atom is 0.427 e. The highest BCUT2D eigenvalue weighted by molar-refractivity contribution is 7.90. The second-order valence-corrected chi connectivity index (χ2v) is 12.0. The largest absolute Gasteiger partial charge is 0.427 e. The molecule has 3 aliphatic rings. The third-order valence-electron chi connectivity index (χ3n) is 7.52. The fourth-order valence-corrected chi connectivity index (χ4v) is 7.04. The van der Waals surface area contributed by atoms with Gasteiger partial charge in [-0.1, -0.05) is 37.3 Å². The van der Waals surface area contributed by atoms with Gasteiger partial charge in [-0.2, -0.15) is 26.3 Å². The van der Waals surface area contributed by atoms with Crippen molar-refractivity contribution in [1.82, 2.24) is 9.21 Å². The van der Waals surface area contributed by atoms with Gasteiger partial charge >= 0.3 is 12.1 Å². The van der Waals surface area contributed by atoms with Crippen LogP contribution in [0.25, 0.3) is 11.1 Å². The monoisotopic (exact) mass is 530 g/mol. The van der Waals surface area contributed by atoms with E-state index in [2.05, 4.69) is 4.90 Å². The topological polar surface area (TPSA) is 60.9 Å². The van der Waals surface area contributed by atoms with Gasteiger partial charge in [-0.3, -0.25) is 4.90 Å². The van der Waals surface area contributed by atoms with E-state index in [9.17, 15) is 35.5 Å². The standard InChI is InChI=1S/C25H27F5N2O3S/c1-2-17-13-16(15-31-9-11-32(12-10-31)36(34,35)19-5-6-19)3-7-20(17)18-4-8-21-22(14-18)24(26,27)23(21,33)25(28,29)30/h3-4,7-8,13-14,19,33H,2,5-6,9-12,15H2,1H3. The highest BCUT2D eigenvalue weighted by Gasteiger charge is 2.78. The van der Waals surface area contributed by atoms with Gasteiger partial charge in [0.15, 0.2) is 0 Å². The van der Waals surface area contributed by atoms with Crippen molar-refractivity contribution < 1.29 is 35.5 Å². The molecule has 1 unspecified atom stereocenters. The Kier molecular flexibility index (Phi) is 6.02. The van der Waals surface area contributed by atoms with Crippen molar-refractivity contribution in [2.24, 2.45) is 0 Å². The van der Waals surface area contributed by atoms with E-state index in [1.54, 1.807) is 10.4 Å². The number of nitrogens with zero attached hydrogens (tertiary/aromatic N) is 2. The molecule has 5 nitrogen and oxygen atoms in total. The van der Waals surface area contributed by atoms with Gasteiger partial charge in [-0.05, 0) is 47.6 Å². The van der Waals surface area contributed by atoms with Gasteiger partial charge in [0, 0.05) is 43.9 Å². The van der Waals surface area contributed by atoms with Gasteiger partial charge in [0.2, 0.25) is 10.0 Å². The lowest BCUT2D eigenvalue weighted by atomic mass is 9.68. The van der Waals surface area contributed by atoms with E-state index in [4.69, 9.17) is 0 Å². The molecule has 0 spiro atoms. The average Bonchev–Trinajstić information content (AvgIpc) is 3.69. The minimum atomic E-state index is -5.49. The molecule has 0 amide bonds. The first-order chi connectivity index (χ1) is 16.8. The van der Waals surface area contributed by atoms with Gasteiger partial charge in [-0.15, -0.1) is 0 Å². The van der Waals surface area contributed by atoms with Crippen LogP contribution >= 0.6 is 0 Å². The zero-order chi connectivity index (χ0) is 26.1. The summed E-state index contributed by atoms with van der Waals surface area (Å²) in [5.74, 6) is -4.43. The van der Waals surface area contributed by atoms with E-state index in [0.29, 0.717) is 50.3 Å². The predicted octanol–water partition coefficient (Wildman–Crippen LogP) is 4.38. The molecule has 1 aliphatic heterocycles. The molecular formula is C25H27F5N2O3S. The van der Waals surface area contributed by atoms with Gasteiger partial charge in [0.25, 0.3) is 5.60 Å². The molecule has 0 bridgehead atoms. The predicted molar refractivity (Wildman–Crippen MR) is 124 cm³/mol. The number of aryl methyl sites for hydroxylation is 1. The van der Waals surface area contributed by atoms with E-state index in [1.807, 2.05) is 19.1 Å². The van der Waals surface area contributed by atoms with Crippen LogP contribution in [0.5, 0.6) is 0 Å². The number of piperazine rings is 1. The summed E-state index contributed by atoms with van der Waals surface area (Å²) in [5.41, 5.74) is -2.97. The molecule has 1 heterocycles. The maximum atomic E-state index is 14.4. The highest BCUT2D eigenvalue weighted by Crippen LogP contribution is 2.63. The van der Waals surface area contributed by atoms with Crippen LogP contribution in [0.3, 0.4) is 0 Å². The lowest BCUT2D eigenvalue weighted by Crippen LogP contribution is -2.62. The highest BCUT2D eigenvalue weighted by atomic mass is 32.2. The molecule has 0 aromatic heterocycles. The zero-order valence-electron chi connectivity index (χ0n) is 19.7. The Labute approximate surface area is 206 Å². The van der Waals surface area contributed by atoms with Gasteiger partial charge < -0.3 is 5.11 Å². The van der Waals surface area contributed by atoms with Crippen LogP contribution in [0.1, 0.15) is 42.0 Å². The third kappa shape index (κ3) is 3.86. The van der Waals surface area contributed by atoms with Gasteiger partial charge in [0.1, 0.15) is 0 Å². The molecule has 2 aromatic carbocycles. The van der Waals surface area contributed by atoms with Crippen LogP contribution in [0, 0.1) is 0 Å². The van der Waals surface area contributed by atoms with E-state index in [1.165, 1.54) is 6.07 Å². The Bertz CT molecular complexity index is 1290. The summed E-state index contributed by atoms with van der Waals surface area (Å²) < 4.78 is 94.8. The van der Waals surface area contributed by atoms with Crippen LogP contribution in [-0.2, 0) is 34.5 Å². The fraction of sp³-hybridized carbons (Fsp3) is 0.520. The molecule has 1 saturated heterocycles. The SMILES string of the molecule is CCc1cc(CN2CCN(S(=O)(=O)C3CC3)CC2)ccc1-c1ccc2c(c1)C(F)(F)C2(O)C(F)(F)F. The van der Waals surface area contributed by atoms with Crippen LogP contribution in [0.2, 0.25) is 0 Å². The van der Waals surface area contributed by atoms with Crippen LogP contribution < -0.4 is 0 Å². The van der Waals surface area contributed by atoms with Crippen molar-refractivity contribution in [3.05, 3.63) is 58.7 Å². The van der Waals surface area contributed by atoms with Crippen molar-refractivity contribution in [3.63, 3.8) is 0 Å². The lowest BCUT2D eigenvalue weighted by molar-refractivity contribution is -0.364. The Morgan fingerprint density at radius 2 is 1.67 bits per heavy atom. The summed E-state index contributed by atoms with van der Waals surface area (Å²) >= 11 is 0. The van der Waals surface area contributed by atoms with Crippen LogP contribution in [0.4, 0.5) is 22.0 Å². The zero-order valence-corrected chi connectivity index (χ0v) is 20.5. The number of hydrogen-bond donors (Lipinski definition) is 1. The number of benzene rings is 2. The molecule has 36 heavy (non-hydrogen) atoms. The Morgan fingerprint density at radius 1 is 1.00 bits per heavy atom. The maximum absolute atomic E-state index is 14.4. The van der Waals surface area contributed by atoms with Crippen LogP contribution in [-0.4, -0.2) is 60.3 Å². The molecule has 1 saturated carbocycles. The van der Waals surface area contributed by atoms with Crippen LogP contribution in [0.15, 0.2) is 36.4 Å². The number of sulfonamides is 1. The molecule has 0 radical (unpaired) electrons. The second-order valence-electron chi connectivity index (χ2n) is 9.81. The van der Waals surface area contributed by atoms with Crippen molar-refractivity contribution in [2.45, 2.75) is 55.7 Å². The Balaban J connectivity index is 1.33. The van der Waals surface area contributed by atoms with Crippen molar-refractivity contribution in [2.75, 3.05) is 26.2 Å². The first kappa shape index (κ1) is 25.6. The summed E-state index contributed by atoms with van der Waals surface area (Å²) in [6.07, 6.45) is -3.44. The van der Waals surface area contributed by atoms with Gasteiger partial charge in [0.05, 0.1) is 5.25 Å². The van der Waals surface area contributed by atoms with Gasteiger partial charge in [-0.25, -0.2) is 8.42 Å². The molecule has 1 N–H and O–H groups in total. The minimum absolute atomic E-state index is 0.221. The number of aliphatic hydroxyl groups is 1. The third-order valence-corrected chi connectivity index (χ3v) is 9.92. The Hall–Kier alpha value is -2.08. The first-order valence-electron chi connectivity index (χ1n) is 12.0. The summed E-state index contributed by atoms with van der Waals surface area (Å²) in [5, 5.41) is 9.53. The van der Waals surface area contributed by atoms with E-state index in [-0.39, 0.29) is 5.25 Å². The molecule has 1 atom stereocenters. The number of fused-ring (bicyclic) bond motifs is 1. The van der Waals surface area contributed by atoms with E-state index >= 15 is 0 Å². The van der Waals surface area contributed by atoms with Crippen molar-refractivity contribution in [1.29, 1.82) is 0 Å². The smallest absolute Gasteiger partial charge is 0.371 e. The molecule has 2 aromatic rings. The van der Waals surface area contributed by atoms with Crippen molar-refractivity contribution >= 4 is 10.0 Å². The fourth-order valence-electron chi connectivity index (χ4n) is 5.22. The quantitative estimate of drug-likeness (QED) is 0.564. The second kappa shape index (κ2) is 8.47. The molecule has 11 heteroatoms. The molecule has 196 valence electrons. The van der Waals surface area contributed by atoms with E-state index < -0.39 is 38.9 Å². The molecule has 2 fully saturated rings. The first-order valence-corrected chi connectivity index (χ1v) is 13.5. The number of halogens is 5. The number of hydrogen-bond acceptors (Lipinski definition) is 4. The molecule has 2 aliphatic carbocycles. The summed E-state index contributed by atoms with van der Waals surface area (Å²) in [6.45, 7) is 4.62. The molecule has 5 rings (SSSR count). The summed E-state index contributed by atoms with van der Waals surface area (Å²) in [7, 11) is -3.18. The number of rotatable bonds is 6. The minimum Gasteiger partial charge on any atom is -0.371 e. The Morgan fingerprint density at radius 3 is 2.25 bits per heavy atom. The summed E-state index contributed by atoms with van der Waals surface area (Å²) in [6, 6.07) is 8.87. The lowest BCUT2D eigenvalue weighted by Gasteiger charge is -2.47. The average molecular weight is 531 g/mol. The summed E-state index contributed by atoms with van der Waals surface area (Å²) in [4.78, 5) is 2.16. The molecular weight excluding hydrogens is 503 g/mol. The number of alkyl halides is 5. The van der Waals surface area contributed by atoms with E-state index in [0.717, 1.165) is 36.1 Å². The normalized spacial score (nSPS) is 24.9. The van der Waals surface area contributed by atoms with Crippen molar-refractivity contribution in [3.8, 4) is 11.1 Å².